The number of benzene rings is 1. The summed E-state index contributed by atoms with van der Waals surface area (Å²) in [5.74, 6) is 4.94. The van der Waals surface area contributed by atoms with Crippen LogP contribution in [0, 0.1) is 23.7 Å². The third kappa shape index (κ3) is 1.70. The SMILES string of the molecule is COc1cccc(OC)c1C1(N)CC2CC1C1CCCC21. The molecule has 3 aliphatic rings. The third-order valence-corrected chi connectivity index (χ3v) is 6.46. The van der Waals surface area contributed by atoms with Crippen LogP contribution in [0.25, 0.3) is 0 Å². The van der Waals surface area contributed by atoms with Crippen molar-refractivity contribution in [3.63, 3.8) is 0 Å². The van der Waals surface area contributed by atoms with Crippen molar-refractivity contribution in [2.45, 2.75) is 37.6 Å². The first-order chi connectivity index (χ1) is 10.2. The molecule has 3 saturated carbocycles. The Kier molecular flexibility index (Phi) is 2.97. The van der Waals surface area contributed by atoms with Crippen LogP contribution in [0.15, 0.2) is 18.2 Å². The van der Waals surface area contributed by atoms with E-state index in [1.807, 2.05) is 18.2 Å². The Morgan fingerprint density at radius 2 is 1.76 bits per heavy atom. The summed E-state index contributed by atoms with van der Waals surface area (Å²) in [6.07, 6.45) is 6.57. The molecule has 2 N–H and O–H groups in total. The normalized spacial score (nSPS) is 40.3. The number of hydrogen-bond donors (Lipinski definition) is 1. The average molecular weight is 287 g/mol. The second kappa shape index (κ2) is 4.64. The topological polar surface area (TPSA) is 44.5 Å². The summed E-state index contributed by atoms with van der Waals surface area (Å²) in [4.78, 5) is 0. The van der Waals surface area contributed by atoms with Gasteiger partial charge >= 0.3 is 0 Å². The van der Waals surface area contributed by atoms with Gasteiger partial charge in [0.25, 0.3) is 0 Å². The van der Waals surface area contributed by atoms with Gasteiger partial charge in [-0.3, -0.25) is 0 Å². The fourth-order valence-corrected chi connectivity index (χ4v) is 5.79. The molecule has 0 spiro atoms. The van der Waals surface area contributed by atoms with Gasteiger partial charge in [-0.1, -0.05) is 12.5 Å². The molecule has 3 heteroatoms. The summed E-state index contributed by atoms with van der Waals surface area (Å²) >= 11 is 0. The largest absolute Gasteiger partial charge is 0.496 e. The van der Waals surface area contributed by atoms with Crippen LogP contribution in [0.1, 0.15) is 37.7 Å². The van der Waals surface area contributed by atoms with Gasteiger partial charge in [0, 0.05) is 0 Å². The molecular formula is C18H25NO2. The molecule has 3 aliphatic carbocycles. The van der Waals surface area contributed by atoms with Crippen molar-refractivity contribution in [3.8, 4) is 11.5 Å². The van der Waals surface area contributed by atoms with Gasteiger partial charge in [0.2, 0.25) is 0 Å². The lowest BCUT2D eigenvalue weighted by atomic mass is 9.68. The summed E-state index contributed by atoms with van der Waals surface area (Å²) < 4.78 is 11.2. The minimum Gasteiger partial charge on any atom is -0.496 e. The molecule has 0 heterocycles. The molecule has 0 radical (unpaired) electrons. The Morgan fingerprint density at radius 3 is 2.43 bits per heavy atom. The summed E-state index contributed by atoms with van der Waals surface area (Å²) in [6, 6.07) is 6.02. The maximum atomic E-state index is 7.01. The Balaban J connectivity index is 1.80. The van der Waals surface area contributed by atoms with E-state index >= 15 is 0 Å². The smallest absolute Gasteiger partial charge is 0.127 e. The zero-order valence-electron chi connectivity index (χ0n) is 13.0. The monoisotopic (exact) mass is 287 g/mol. The van der Waals surface area contributed by atoms with Gasteiger partial charge in [0.1, 0.15) is 11.5 Å². The van der Waals surface area contributed by atoms with Gasteiger partial charge in [0.15, 0.2) is 0 Å². The molecule has 5 atom stereocenters. The summed E-state index contributed by atoms with van der Waals surface area (Å²) in [5.41, 5.74) is 7.85. The summed E-state index contributed by atoms with van der Waals surface area (Å²) in [7, 11) is 3.46. The molecule has 0 aliphatic heterocycles. The molecular weight excluding hydrogens is 262 g/mol. The van der Waals surface area contributed by atoms with Crippen molar-refractivity contribution < 1.29 is 9.47 Å². The molecule has 21 heavy (non-hydrogen) atoms. The van der Waals surface area contributed by atoms with E-state index in [-0.39, 0.29) is 5.54 Å². The van der Waals surface area contributed by atoms with Crippen molar-refractivity contribution in [3.05, 3.63) is 23.8 Å². The van der Waals surface area contributed by atoms with E-state index in [2.05, 4.69) is 0 Å². The van der Waals surface area contributed by atoms with Crippen molar-refractivity contribution in [2.75, 3.05) is 14.2 Å². The lowest BCUT2D eigenvalue weighted by Crippen LogP contribution is -2.46. The third-order valence-electron chi connectivity index (χ3n) is 6.46. The minimum absolute atomic E-state index is 0.270. The van der Waals surface area contributed by atoms with E-state index < -0.39 is 0 Å². The van der Waals surface area contributed by atoms with Crippen LogP contribution in [0.2, 0.25) is 0 Å². The van der Waals surface area contributed by atoms with Crippen LogP contribution < -0.4 is 15.2 Å². The van der Waals surface area contributed by atoms with Gasteiger partial charge in [-0.05, 0) is 61.5 Å². The lowest BCUT2D eigenvalue weighted by molar-refractivity contribution is 0.150. The molecule has 0 aromatic heterocycles. The molecule has 114 valence electrons. The van der Waals surface area contributed by atoms with Gasteiger partial charge in [-0.25, -0.2) is 0 Å². The fraction of sp³-hybridized carbons (Fsp3) is 0.667. The van der Waals surface area contributed by atoms with Crippen LogP contribution in [-0.2, 0) is 5.54 Å². The highest BCUT2D eigenvalue weighted by molar-refractivity contribution is 5.51. The molecule has 3 fully saturated rings. The summed E-state index contributed by atoms with van der Waals surface area (Å²) in [6.45, 7) is 0. The predicted octanol–water partition coefficient (Wildman–Crippen LogP) is 3.31. The van der Waals surface area contributed by atoms with E-state index in [0.29, 0.717) is 5.92 Å². The number of ether oxygens (including phenoxy) is 2. The van der Waals surface area contributed by atoms with Crippen molar-refractivity contribution in [1.82, 2.24) is 0 Å². The number of methoxy groups -OCH3 is 2. The standard InChI is InChI=1S/C18H25NO2/c1-20-15-7-4-8-16(21-2)17(15)18(19)10-11-9-14(18)13-6-3-5-12(11)13/h4,7-8,11-14H,3,5-6,9-10,19H2,1-2H3. The highest BCUT2D eigenvalue weighted by Gasteiger charge is 2.61. The Bertz CT molecular complexity index is 536. The molecule has 2 bridgehead atoms. The quantitative estimate of drug-likeness (QED) is 0.927. The van der Waals surface area contributed by atoms with E-state index in [4.69, 9.17) is 15.2 Å². The second-order valence-corrected chi connectivity index (χ2v) is 7.14. The Hall–Kier alpha value is -1.22. The van der Waals surface area contributed by atoms with E-state index in [1.54, 1.807) is 14.2 Å². The molecule has 3 nitrogen and oxygen atoms in total. The average Bonchev–Trinajstić information content (AvgIpc) is 3.17. The zero-order valence-corrected chi connectivity index (χ0v) is 13.0. The van der Waals surface area contributed by atoms with Crippen molar-refractivity contribution in [1.29, 1.82) is 0 Å². The maximum absolute atomic E-state index is 7.01. The predicted molar refractivity (Wildman–Crippen MR) is 82.5 cm³/mol. The van der Waals surface area contributed by atoms with Gasteiger partial charge in [0.05, 0.1) is 25.3 Å². The second-order valence-electron chi connectivity index (χ2n) is 7.14. The van der Waals surface area contributed by atoms with Gasteiger partial charge in [-0.2, -0.15) is 0 Å². The highest BCUT2D eigenvalue weighted by Crippen LogP contribution is 2.65. The number of rotatable bonds is 3. The molecule has 4 rings (SSSR count). The summed E-state index contributed by atoms with van der Waals surface area (Å²) in [5, 5.41) is 0. The first kappa shape index (κ1) is 13.4. The molecule has 5 unspecified atom stereocenters. The first-order valence-electron chi connectivity index (χ1n) is 8.19. The van der Waals surface area contributed by atoms with E-state index in [1.165, 1.54) is 25.7 Å². The van der Waals surface area contributed by atoms with Crippen molar-refractivity contribution >= 4 is 0 Å². The Morgan fingerprint density at radius 1 is 1.10 bits per heavy atom. The number of hydrogen-bond acceptors (Lipinski definition) is 3. The van der Waals surface area contributed by atoms with Crippen molar-refractivity contribution in [2.24, 2.45) is 29.4 Å². The number of fused-ring (bicyclic) bond motifs is 5. The van der Waals surface area contributed by atoms with Crippen LogP contribution in [0.4, 0.5) is 0 Å². The molecule has 1 aromatic carbocycles. The van der Waals surface area contributed by atoms with Crippen LogP contribution in [-0.4, -0.2) is 14.2 Å². The zero-order chi connectivity index (χ0) is 14.6. The number of nitrogens with two attached hydrogens (primary N) is 1. The highest BCUT2D eigenvalue weighted by atomic mass is 16.5. The molecule has 1 aromatic rings. The van der Waals surface area contributed by atoms with Crippen LogP contribution in [0.5, 0.6) is 11.5 Å². The van der Waals surface area contributed by atoms with E-state index in [9.17, 15) is 0 Å². The van der Waals surface area contributed by atoms with E-state index in [0.717, 1.165) is 41.2 Å². The Labute approximate surface area is 126 Å². The van der Waals surface area contributed by atoms with Gasteiger partial charge < -0.3 is 15.2 Å². The van der Waals surface area contributed by atoms with Crippen LogP contribution >= 0.6 is 0 Å². The fourth-order valence-electron chi connectivity index (χ4n) is 5.79. The molecule has 0 amide bonds. The minimum atomic E-state index is -0.270. The van der Waals surface area contributed by atoms with Crippen LogP contribution in [0.3, 0.4) is 0 Å². The lowest BCUT2D eigenvalue weighted by Gasteiger charge is -2.41. The maximum Gasteiger partial charge on any atom is 0.127 e. The van der Waals surface area contributed by atoms with Gasteiger partial charge in [-0.15, -0.1) is 0 Å². The molecule has 0 saturated heterocycles. The first-order valence-corrected chi connectivity index (χ1v) is 8.19.